The predicted octanol–water partition coefficient (Wildman–Crippen LogP) is 3.75. The molecule has 2 rings (SSSR count). The van der Waals surface area contributed by atoms with E-state index in [1.54, 1.807) is 11.8 Å². The van der Waals surface area contributed by atoms with Gasteiger partial charge in [-0.05, 0) is 11.1 Å². The van der Waals surface area contributed by atoms with Gasteiger partial charge in [-0.1, -0.05) is 48.5 Å². The minimum absolute atomic E-state index is 0.735. The molecule has 0 aliphatic carbocycles. The molecule has 0 bridgehead atoms. The molecule has 3 heteroatoms. The molecule has 0 spiro atoms. The summed E-state index contributed by atoms with van der Waals surface area (Å²) in [5.41, 5.74) is 3.54. The molecule has 2 nitrogen and oxygen atoms in total. The average molecular weight is 270 g/mol. The fourth-order valence-electron chi connectivity index (χ4n) is 1.83. The van der Waals surface area contributed by atoms with E-state index in [0.717, 1.165) is 46.3 Å². The van der Waals surface area contributed by atoms with Gasteiger partial charge < -0.3 is 0 Å². The van der Waals surface area contributed by atoms with Gasteiger partial charge in [-0.3, -0.25) is 9.59 Å². The lowest BCUT2D eigenvalue weighted by molar-refractivity contribution is 0.111. The van der Waals surface area contributed by atoms with Crippen molar-refractivity contribution >= 4 is 24.3 Å². The van der Waals surface area contributed by atoms with Crippen LogP contribution in [-0.4, -0.2) is 12.6 Å². The van der Waals surface area contributed by atoms with Crippen LogP contribution in [-0.2, 0) is 11.5 Å². The molecule has 0 N–H and O–H groups in total. The van der Waals surface area contributed by atoms with Gasteiger partial charge in [0.2, 0.25) is 0 Å². The van der Waals surface area contributed by atoms with Crippen molar-refractivity contribution in [2.45, 2.75) is 11.5 Å². The van der Waals surface area contributed by atoms with E-state index in [0.29, 0.717) is 0 Å². The molecule has 0 heterocycles. The van der Waals surface area contributed by atoms with Crippen molar-refractivity contribution in [2.24, 2.45) is 0 Å². The normalized spacial score (nSPS) is 10.1. The Hall–Kier alpha value is -1.87. The van der Waals surface area contributed by atoms with Crippen LogP contribution in [0.1, 0.15) is 31.8 Å². The molecule has 0 saturated carbocycles. The van der Waals surface area contributed by atoms with Crippen molar-refractivity contribution < 1.29 is 9.59 Å². The molecule has 0 amide bonds. The molecule has 0 saturated heterocycles. The Balaban J connectivity index is 2.00. The Bertz CT molecular complexity index is 527. The number of aldehydes is 2. The van der Waals surface area contributed by atoms with E-state index in [-0.39, 0.29) is 0 Å². The lowest BCUT2D eigenvalue weighted by atomic mass is 10.1. The van der Waals surface area contributed by atoms with Crippen LogP contribution in [0.2, 0.25) is 0 Å². The molecule has 0 radical (unpaired) electrons. The molecular weight excluding hydrogens is 256 g/mol. The molecule has 0 aliphatic rings. The lowest BCUT2D eigenvalue weighted by Gasteiger charge is -2.06. The van der Waals surface area contributed by atoms with E-state index in [4.69, 9.17) is 0 Å². The first-order chi connectivity index (χ1) is 9.35. The van der Waals surface area contributed by atoms with Crippen LogP contribution in [0.3, 0.4) is 0 Å². The second-order valence-electron chi connectivity index (χ2n) is 4.13. The summed E-state index contributed by atoms with van der Waals surface area (Å²) in [6.07, 6.45) is 1.77. The third-order valence-electron chi connectivity index (χ3n) is 2.88. The van der Waals surface area contributed by atoms with E-state index < -0.39 is 0 Å². The van der Waals surface area contributed by atoms with E-state index in [2.05, 4.69) is 0 Å². The fraction of sp³-hybridized carbons (Fsp3) is 0.125. The summed E-state index contributed by atoms with van der Waals surface area (Å²) in [4.78, 5) is 21.8. The number of thioether (sulfide) groups is 1. The summed E-state index contributed by atoms with van der Waals surface area (Å²) < 4.78 is 0. The minimum Gasteiger partial charge on any atom is -0.298 e. The summed E-state index contributed by atoms with van der Waals surface area (Å²) in [7, 11) is 0. The standard InChI is InChI=1S/C16H14O2S/c17-9-13-5-1-3-7-15(13)11-19-12-16-8-4-2-6-14(16)10-18/h1-10H,11-12H2. The summed E-state index contributed by atoms with van der Waals surface area (Å²) >= 11 is 1.70. The van der Waals surface area contributed by atoms with Crippen LogP contribution in [0.15, 0.2) is 48.5 Å². The highest BCUT2D eigenvalue weighted by atomic mass is 32.2. The van der Waals surface area contributed by atoms with Crippen LogP contribution < -0.4 is 0 Å². The van der Waals surface area contributed by atoms with Crippen molar-refractivity contribution in [1.82, 2.24) is 0 Å². The zero-order chi connectivity index (χ0) is 13.5. The Labute approximate surface area is 116 Å². The molecule has 0 aromatic heterocycles. The van der Waals surface area contributed by atoms with Crippen molar-refractivity contribution in [3.63, 3.8) is 0 Å². The third-order valence-corrected chi connectivity index (χ3v) is 3.91. The predicted molar refractivity (Wildman–Crippen MR) is 78.7 cm³/mol. The summed E-state index contributed by atoms with van der Waals surface area (Å²) in [6, 6.07) is 15.2. The maximum absolute atomic E-state index is 10.9. The number of hydrogen-bond donors (Lipinski definition) is 0. The SMILES string of the molecule is O=Cc1ccccc1CSCc1ccccc1C=O. The maximum atomic E-state index is 10.9. The Morgan fingerprint density at radius 2 is 1.16 bits per heavy atom. The molecule has 0 aliphatic heterocycles. The molecule has 2 aromatic rings. The van der Waals surface area contributed by atoms with E-state index >= 15 is 0 Å². The van der Waals surface area contributed by atoms with Gasteiger partial charge in [-0.15, -0.1) is 0 Å². The highest BCUT2D eigenvalue weighted by Crippen LogP contribution is 2.21. The summed E-state index contributed by atoms with van der Waals surface area (Å²) in [5.74, 6) is 1.53. The molecule has 19 heavy (non-hydrogen) atoms. The first-order valence-electron chi connectivity index (χ1n) is 5.99. The molecule has 96 valence electrons. The van der Waals surface area contributed by atoms with Crippen LogP contribution >= 0.6 is 11.8 Å². The molecular formula is C16H14O2S. The summed E-state index contributed by atoms with van der Waals surface area (Å²) in [5, 5.41) is 0. The third kappa shape index (κ3) is 3.55. The van der Waals surface area contributed by atoms with Crippen molar-refractivity contribution in [3.05, 3.63) is 70.8 Å². The number of rotatable bonds is 6. The monoisotopic (exact) mass is 270 g/mol. The number of carbonyl (C=O) groups excluding carboxylic acids is 2. The van der Waals surface area contributed by atoms with Gasteiger partial charge in [0, 0.05) is 22.6 Å². The highest BCUT2D eigenvalue weighted by Gasteiger charge is 2.03. The van der Waals surface area contributed by atoms with Gasteiger partial charge in [0.1, 0.15) is 12.6 Å². The van der Waals surface area contributed by atoms with Gasteiger partial charge in [-0.2, -0.15) is 11.8 Å². The fourth-order valence-corrected chi connectivity index (χ4v) is 2.90. The van der Waals surface area contributed by atoms with Crippen LogP contribution in [0.5, 0.6) is 0 Å². The van der Waals surface area contributed by atoms with Gasteiger partial charge in [0.25, 0.3) is 0 Å². The zero-order valence-electron chi connectivity index (χ0n) is 10.4. The largest absolute Gasteiger partial charge is 0.298 e. The summed E-state index contributed by atoms with van der Waals surface area (Å²) in [6.45, 7) is 0. The van der Waals surface area contributed by atoms with Crippen molar-refractivity contribution in [1.29, 1.82) is 0 Å². The van der Waals surface area contributed by atoms with E-state index in [1.807, 2.05) is 48.5 Å². The number of hydrogen-bond acceptors (Lipinski definition) is 3. The maximum Gasteiger partial charge on any atom is 0.150 e. The topological polar surface area (TPSA) is 34.1 Å². The van der Waals surface area contributed by atoms with Crippen molar-refractivity contribution in [2.75, 3.05) is 0 Å². The van der Waals surface area contributed by atoms with Crippen molar-refractivity contribution in [3.8, 4) is 0 Å². The number of benzene rings is 2. The van der Waals surface area contributed by atoms with Crippen LogP contribution in [0.4, 0.5) is 0 Å². The Morgan fingerprint density at radius 1 is 0.737 bits per heavy atom. The Morgan fingerprint density at radius 3 is 1.58 bits per heavy atom. The molecule has 0 atom stereocenters. The zero-order valence-corrected chi connectivity index (χ0v) is 11.2. The smallest absolute Gasteiger partial charge is 0.150 e. The van der Waals surface area contributed by atoms with E-state index in [9.17, 15) is 9.59 Å². The van der Waals surface area contributed by atoms with Gasteiger partial charge in [0.15, 0.2) is 0 Å². The number of carbonyl (C=O) groups is 2. The average Bonchev–Trinajstić information content (AvgIpc) is 2.48. The quantitative estimate of drug-likeness (QED) is 0.750. The van der Waals surface area contributed by atoms with E-state index in [1.165, 1.54) is 0 Å². The first-order valence-corrected chi connectivity index (χ1v) is 7.14. The molecule has 0 fully saturated rings. The van der Waals surface area contributed by atoms with Gasteiger partial charge in [-0.25, -0.2) is 0 Å². The molecule has 2 aromatic carbocycles. The van der Waals surface area contributed by atoms with Crippen LogP contribution in [0.25, 0.3) is 0 Å². The lowest BCUT2D eigenvalue weighted by Crippen LogP contribution is -1.92. The second-order valence-corrected chi connectivity index (χ2v) is 5.11. The van der Waals surface area contributed by atoms with Crippen LogP contribution in [0, 0.1) is 0 Å². The highest BCUT2D eigenvalue weighted by molar-refractivity contribution is 7.97. The minimum atomic E-state index is 0.735. The molecule has 0 unspecified atom stereocenters. The Kier molecular flexibility index (Phi) is 4.93. The first kappa shape index (κ1) is 13.6. The second kappa shape index (κ2) is 6.90. The van der Waals surface area contributed by atoms with Gasteiger partial charge in [0.05, 0.1) is 0 Å². The van der Waals surface area contributed by atoms with Gasteiger partial charge >= 0.3 is 0 Å².